The van der Waals surface area contributed by atoms with Crippen LogP contribution in [0.15, 0.2) is 57.9 Å². The Balaban J connectivity index is 1.81. The molecule has 0 aliphatic carbocycles. The molecule has 0 radical (unpaired) electrons. The highest BCUT2D eigenvalue weighted by molar-refractivity contribution is 7.16. The average molecular weight is 410 g/mol. The topological polar surface area (TPSA) is 83.0 Å². The van der Waals surface area contributed by atoms with Gasteiger partial charge in [-0.1, -0.05) is 29.5 Å². The Hall–Kier alpha value is -3.23. The van der Waals surface area contributed by atoms with Crippen molar-refractivity contribution < 1.29 is 23.5 Å². The van der Waals surface area contributed by atoms with Crippen molar-refractivity contribution in [1.82, 2.24) is 4.57 Å². The molecular weight excluding hydrogens is 392 g/mol. The van der Waals surface area contributed by atoms with Crippen LogP contribution in [0.2, 0.25) is 0 Å². The number of furan rings is 1. The summed E-state index contributed by atoms with van der Waals surface area (Å²) in [6.07, 6.45) is 0. The van der Waals surface area contributed by atoms with E-state index >= 15 is 0 Å². The van der Waals surface area contributed by atoms with Gasteiger partial charge in [-0.3, -0.25) is 4.79 Å². The number of esters is 1. The summed E-state index contributed by atoms with van der Waals surface area (Å²) in [5, 5.41) is 0.845. The normalized spacial score (nSPS) is 12.0. The number of carbonyl (C=O) groups excluding carboxylic acids is 2. The summed E-state index contributed by atoms with van der Waals surface area (Å²) in [5.41, 5.74) is 1.93. The van der Waals surface area contributed by atoms with E-state index in [1.54, 1.807) is 31.4 Å². The molecule has 29 heavy (non-hydrogen) atoms. The largest absolute Gasteiger partial charge is 0.465 e. The van der Waals surface area contributed by atoms with Crippen LogP contribution in [0, 0.1) is 0 Å². The van der Waals surface area contributed by atoms with Gasteiger partial charge in [0.15, 0.2) is 10.6 Å². The maximum atomic E-state index is 12.7. The molecule has 0 aliphatic rings. The average Bonchev–Trinajstić information content (AvgIpc) is 3.32. The third-order valence-corrected chi connectivity index (χ3v) is 5.50. The van der Waals surface area contributed by atoms with Crippen molar-refractivity contribution in [3.8, 4) is 0 Å². The van der Waals surface area contributed by atoms with E-state index in [4.69, 9.17) is 13.9 Å². The highest BCUT2D eigenvalue weighted by atomic mass is 32.1. The van der Waals surface area contributed by atoms with Gasteiger partial charge in [0.1, 0.15) is 5.58 Å². The van der Waals surface area contributed by atoms with Gasteiger partial charge in [0.25, 0.3) is 0 Å². The first-order chi connectivity index (χ1) is 14.1. The molecule has 0 saturated carbocycles. The summed E-state index contributed by atoms with van der Waals surface area (Å²) < 4.78 is 18.3. The van der Waals surface area contributed by atoms with E-state index in [2.05, 4.69) is 4.99 Å². The fourth-order valence-corrected chi connectivity index (χ4v) is 4.13. The number of thiazole rings is 1. The van der Waals surface area contributed by atoms with E-state index < -0.39 is 11.9 Å². The Bertz CT molecular complexity index is 1250. The molecule has 1 amide bonds. The molecule has 7 nitrogen and oxygen atoms in total. The Morgan fingerprint density at radius 1 is 1.14 bits per heavy atom. The molecular formula is C21H18N2O5S. The molecule has 2 aromatic carbocycles. The van der Waals surface area contributed by atoms with E-state index in [1.807, 2.05) is 28.8 Å². The van der Waals surface area contributed by atoms with Gasteiger partial charge in [0, 0.05) is 19.0 Å². The SMILES string of the molecule is COCCn1c(=NC(=O)c2cc3ccccc3o2)sc2cc(C(=O)OC)ccc21. The lowest BCUT2D eigenvalue weighted by atomic mass is 10.2. The van der Waals surface area contributed by atoms with E-state index in [0.717, 1.165) is 15.6 Å². The predicted molar refractivity (Wildman–Crippen MR) is 109 cm³/mol. The molecule has 0 bridgehead atoms. The number of benzene rings is 2. The molecule has 0 spiro atoms. The Morgan fingerprint density at radius 3 is 2.72 bits per heavy atom. The first-order valence-corrected chi connectivity index (χ1v) is 9.70. The van der Waals surface area contributed by atoms with Gasteiger partial charge in [-0.25, -0.2) is 4.79 Å². The summed E-state index contributed by atoms with van der Waals surface area (Å²) in [6, 6.07) is 14.3. The van der Waals surface area contributed by atoms with E-state index in [9.17, 15) is 9.59 Å². The van der Waals surface area contributed by atoms with Crippen LogP contribution in [0.3, 0.4) is 0 Å². The zero-order valence-electron chi connectivity index (χ0n) is 15.9. The fraction of sp³-hybridized carbons (Fsp3) is 0.190. The Labute approximate surface area is 169 Å². The lowest BCUT2D eigenvalue weighted by Crippen LogP contribution is -2.19. The van der Waals surface area contributed by atoms with E-state index in [1.165, 1.54) is 18.4 Å². The zero-order chi connectivity index (χ0) is 20.4. The van der Waals surface area contributed by atoms with Gasteiger partial charge < -0.3 is 18.5 Å². The number of rotatable bonds is 5. The minimum Gasteiger partial charge on any atom is -0.465 e. The number of ether oxygens (including phenoxy) is 2. The van der Waals surface area contributed by atoms with Crippen molar-refractivity contribution in [1.29, 1.82) is 0 Å². The molecule has 4 rings (SSSR count). The molecule has 4 aromatic rings. The summed E-state index contributed by atoms with van der Waals surface area (Å²) in [7, 11) is 2.95. The number of aromatic nitrogens is 1. The molecule has 148 valence electrons. The number of fused-ring (bicyclic) bond motifs is 2. The van der Waals surface area contributed by atoms with Gasteiger partial charge in [0.05, 0.1) is 29.5 Å². The second-order valence-corrected chi connectivity index (χ2v) is 7.28. The molecule has 0 unspecified atom stereocenters. The second kappa shape index (κ2) is 8.02. The molecule has 8 heteroatoms. The van der Waals surface area contributed by atoms with Crippen LogP contribution in [0.25, 0.3) is 21.2 Å². The minimum absolute atomic E-state index is 0.178. The van der Waals surface area contributed by atoms with Gasteiger partial charge in [-0.15, -0.1) is 0 Å². The highest BCUT2D eigenvalue weighted by Crippen LogP contribution is 2.21. The molecule has 2 heterocycles. The smallest absolute Gasteiger partial charge is 0.337 e. The van der Waals surface area contributed by atoms with Crippen LogP contribution in [0.4, 0.5) is 0 Å². The molecule has 2 aromatic heterocycles. The number of carbonyl (C=O) groups is 2. The van der Waals surface area contributed by atoms with Crippen LogP contribution in [0.1, 0.15) is 20.9 Å². The molecule has 0 aliphatic heterocycles. The molecule has 0 saturated heterocycles. The lowest BCUT2D eigenvalue weighted by Gasteiger charge is -2.04. The quantitative estimate of drug-likeness (QED) is 0.469. The summed E-state index contributed by atoms with van der Waals surface area (Å²) in [5.74, 6) is -0.704. The number of para-hydroxylation sites is 1. The fourth-order valence-electron chi connectivity index (χ4n) is 3.03. The summed E-state index contributed by atoms with van der Waals surface area (Å²) in [4.78, 5) is 29.4. The van der Waals surface area contributed by atoms with Crippen molar-refractivity contribution in [2.75, 3.05) is 20.8 Å². The van der Waals surface area contributed by atoms with Crippen molar-refractivity contribution in [2.45, 2.75) is 6.54 Å². The van der Waals surface area contributed by atoms with Crippen LogP contribution < -0.4 is 4.80 Å². The molecule has 0 atom stereocenters. The Morgan fingerprint density at radius 2 is 1.97 bits per heavy atom. The van der Waals surface area contributed by atoms with Gasteiger partial charge >= 0.3 is 11.9 Å². The lowest BCUT2D eigenvalue weighted by molar-refractivity contribution is 0.0601. The number of nitrogens with zero attached hydrogens (tertiary/aromatic N) is 2. The van der Waals surface area contributed by atoms with Crippen molar-refractivity contribution >= 4 is 44.4 Å². The predicted octanol–water partition coefficient (Wildman–Crippen LogP) is 3.62. The van der Waals surface area contributed by atoms with Gasteiger partial charge in [-0.2, -0.15) is 4.99 Å². The van der Waals surface area contributed by atoms with Crippen LogP contribution in [0.5, 0.6) is 0 Å². The third kappa shape index (κ3) is 3.72. The van der Waals surface area contributed by atoms with Crippen LogP contribution >= 0.6 is 11.3 Å². The first-order valence-electron chi connectivity index (χ1n) is 8.89. The second-order valence-electron chi connectivity index (χ2n) is 6.27. The van der Waals surface area contributed by atoms with Crippen LogP contribution in [-0.2, 0) is 16.0 Å². The van der Waals surface area contributed by atoms with Crippen molar-refractivity contribution in [3.63, 3.8) is 0 Å². The van der Waals surface area contributed by atoms with Crippen molar-refractivity contribution in [3.05, 3.63) is 64.7 Å². The van der Waals surface area contributed by atoms with Crippen molar-refractivity contribution in [2.24, 2.45) is 4.99 Å². The maximum Gasteiger partial charge on any atom is 0.337 e. The third-order valence-electron chi connectivity index (χ3n) is 4.46. The molecule has 0 fully saturated rings. The van der Waals surface area contributed by atoms with Gasteiger partial charge in [0.2, 0.25) is 0 Å². The zero-order valence-corrected chi connectivity index (χ0v) is 16.7. The van der Waals surface area contributed by atoms with E-state index in [0.29, 0.717) is 29.1 Å². The molecule has 0 N–H and O–H groups in total. The number of hydrogen-bond acceptors (Lipinski definition) is 6. The number of amides is 1. The van der Waals surface area contributed by atoms with Crippen LogP contribution in [-0.4, -0.2) is 37.3 Å². The number of methoxy groups -OCH3 is 2. The summed E-state index contributed by atoms with van der Waals surface area (Å²) >= 11 is 1.32. The first kappa shape index (κ1) is 19.1. The Kier molecular flexibility index (Phi) is 5.28. The number of hydrogen-bond donors (Lipinski definition) is 0. The van der Waals surface area contributed by atoms with E-state index in [-0.39, 0.29) is 5.76 Å². The monoisotopic (exact) mass is 410 g/mol. The van der Waals surface area contributed by atoms with Gasteiger partial charge in [-0.05, 0) is 30.3 Å². The minimum atomic E-state index is -0.466. The highest BCUT2D eigenvalue weighted by Gasteiger charge is 2.15. The standard InChI is InChI=1S/C21H18N2O5S/c1-26-10-9-23-15-8-7-14(20(25)27-2)12-18(15)29-21(23)22-19(24)17-11-13-5-3-4-6-16(13)28-17/h3-8,11-12H,9-10H2,1-2H3. The maximum absolute atomic E-state index is 12.7. The summed E-state index contributed by atoms with van der Waals surface area (Å²) in [6.45, 7) is 0.969.